The summed E-state index contributed by atoms with van der Waals surface area (Å²) in [5, 5.41) is 0. The molecule has 0 aliphatic heterocycles. The van der Waals surface area contributed by atoms with Crippen LogP contribution < -0.4 is 0 Å². The Labute approximate surface area is 92.3 Å². The highest BCUT2D eigenvalue weighted by molar-refractivity contribution is 6.15. The monoisotopic (exact) mass is 252 g/mol. The van der Waals surface area contributed by atoms with Gasteiger partial charge >= 0.3 is 5.97 Å². The molecule has 92 valence electrons. The van der Waals surface area contributed by atoms with Crippen LogP contribution >= 0.6 is 0 Å². The Bertz CT molecular complexity index is 481. The summed E-state index contributed by atoms with van der Waals surface area (Å²) in [5.74, 6) is -12.2. The maximum Gasteiger partial charge on any atom is 0.338 e. The fourth-order valence-corrected chi connectivity index (χ4v) is 1.10. The highest BCUT2D eigenvalue weighted by Gasteiger charge is 2.29. The number of halogens is 5. The predicted octanol–water partition coefficient (Wildman–Crippen LogP) is 2.57. The smallest absolute Gasteiger partial charge is 0.338 e. The summed E-state index contributed by atoms with van der Waals surface area (Å²) in [6, 6.07) is 0. The molecule has 0 atom stereocenters. The van der Waals surface area contributed by atoms with Crippen molar-refractivity contribution in [2.45, 2.75) is 0 Å². The average molecular weight is 252 g/mol. The van der Waals surface area contributed by atoms with E-state index in [1.165, 1.54) is 0 Å². The normalized spacial score (nSPS) is 10.2. The quantitative estimate of drug-likeness (QED) is 0.266. The number of rotatable bonds is 2. The first-order valence-electron chi connectivity index (χ1n) is 4.11. The van der Waals surface area contributed by atoms with E-state index in [4.69, 9.17) is 0 Å². The van der Waals surface area contributed by atoms with Crippen molar-refractivity contribution in [1.82, 2.24) is 0 Å². The molecule has 7 heteroatoms. The predicted molar refractivity (Wildman–Crippen MR) is 47.3 cm³/mol. The first-order valence-corrected chi connectivity index (χ1v) is 4.11. The van der Waals surface area contributed by atoms with Crippen LogP contribution in [0.25, 0.3) is 5.57 Å². The minimum absolute atomic E-state index is 0.875. The third-order valence-corrected chi connectivity index (χ3v) is 1.94. The van der Waals surface area contributed by atoms with Crippen LogP contribution in [-0.4, -0.2) is 13.1 Å². The summed E-state index contributed by atoms with van der Waals surface area (Å²) in [6.07, 6.45) is 0. The van der Waals surface area contributed by atoms with E-state index in [1.54, 1.807) is 0 Å². The molecule has 0 fully saturated rings. The third-order valence-electron chi connectivity index (χ3n) is 1.94. The Kier molecular flexibility index (Phi) is 3.50. The molecule has 0 aromatic heterocycles. The molecular formula is C10H5F5O2. The van der Waals surface area contributed by atoms with E-state index in [2.05, 4.69) is 11.3 Å². The molecule has 0 saturated carbocycles. The van der Waals surface area contributed by atoms with E-state index in [0.717, 1.165) is 7.11 Å². The van der Waals surface area contributed by atoms with Gasteiger partial charge in [0.05, 0.1) is 18.2 Å². The van der Waals surface area contributed by atoms with Gasteiger partial charge in [0.1, 0.15) is 0 Å². The molecule has 2 nitrogen and oxygen atoms in total. The number of esters is 1. The number of carbonyl (C=O) groups is 1. The van der Waals surface area contributed by atoms with Gasteiger partial charge in [0.15, 0.2) is 23.3 Å². The second kappa shape index (κ2) is 4.52. The second-order valence-corrected chi connectivity index (χ2v) is 2.92. The molecule has 0 N–H and O–H groups in total. The number of hydrogen-bond acceptors (Lipinski definition) is 2. The summed E-state index contributed by atoms with van der Waals surface area (Å²) in [7, 11) is 0.875. The lowest BCUT2D eigenvalue weighted by Crippen LogP contribution is -2.11. The van der Waals surface area contributed by atoms with Gasteiger partial charge in [0.25, 0.3) is 0 Å². The maximum absolute atomic E-state index is 13.2. The number of carbonyl (C=O) groups excluding carboxylic acids is 1. The molecule has 1 rings (SSSR count). The largest absolute Gasteiger partial charge is 0.465 e. The van der Waals surface area contributed by atoms with Crippen LogP contribution in [0.4, 0.5) is 22.0 Å². The van der Waals surface area contributed by atoms with Crippen LogP contribution in [-0.2, 0) is 9.53 Å². The van der Waals surface area contributed by atoms with Gasteiger partial charge in [-0.2, -0.15) is 0 Å². The van der Waals surface area contributed by atoms with E-state index in [9.17, 15) is 26.7 Å². The minimum atomic E-state index is -2.30. The van der Waals surface area contributed by atoms with Gasteiger partial charge in [-0.05, 0) is 0 Å². The van der Waals surface area contributed by atoms with Crippen LogP contribution in [0.5, 0.6) is 0 Å². The SMILES string of the molecule is C=C(C(=O)OC)c1c(F)c(F)c(F)c(F)c1F. The van der Waals surface area contributed by atoms with Crippen LogP contribution in [0.1, 0.15) is 5.56 Å². The van der Waals surface area contributed by atoms with Crippen molar-refractivity contribution >= 4 is 11.5 Å². The Morgan fingerprint density at radius 2 is 1.29 bits per heavy atom. The van der Waals surface area contributed by atoms with E-state index in [-0.39, 0.29) is 0 Å². The number of methoxy groups -OCH3 is 1. The fraction of sp³-hybridized carbons (Fsp3) is 0.100. The van der Waals surface area contributed by atoms with E-state index >= 15 is 0 Å². The lowest BCUT2D eigenvalue weighted by atomic mass is 10.1. The molecule has 0 radical (unpaired) electrons. The molecule has 0 bridgehead atoms. The third kappa shape index (κ3) is 2.00. The molecule has 0 amide bonds. The number of benzene rings is 1. The van der Waals surface area contributed by atoms with Gasteiger partial charge in [-0.15, -0.1) is 0 Å². The summed E-state index contributed by atoms with van der Waals surface area (Å²) in [5.41, 5.74) is -2.35. The van der Waals surface area contributed by atoms with Gasteiger partial charge in [0.2, 0.25) is 5.82 Å². The van der Waals surface area contributed by atoms with Crippen LogP contribution in [0.3, 0.4) is 0 Å². The van der Waals surface area contributed by atoms with Crippen LogP contribution in [0, 0.1) is 29.1 Å². The number of hydrogen-bond donors (Lipinski definition) is 0. The zero-order valence-corrected chi connectivity index (χ0v) is 8.41. The topological polar surface area (TPSA) is 26.3 Å². The van der Waals surface area contributed by atoms with Gasteiger partial charge in [-0.3, -0.25) is 0 Å². The first-order chi connectivity index (χ1) is 7.82. The van der Waals surface area contributed by atoms with Crippen molar-refractivity contribution in [1.29, 1.82) is 0 Å². The van der Waals surface area contributed by atoms with E-state index < -0.39 is 46.2 Å². The zero-order valence-electron chi connectivity index (χ0n) is 8.41. The van der Waals surface area contributed by atoms with Crippen molar-refractivity contribution in [2.24, 2.45) is 0 Å². The summed E-state index contributed by atoms with van der Waals surface area (Å²) >= 11 is 0. The Morgan fingerprint density at radius 1 is 0.941 bits per heavy atom. The summed E-state index contributed by atoms with van der Waals surface area (Å²) < 4.78 is 68.6. The van der Waals surface area contributed by atoms with Gasteiger partial charge in [-0.1, -0.05) is 6.58 Å². The molecule has 0 unspecified atom stereocenters. The molecule has 1 aromatic rings. The standard InChI is InChI=1S/C10H5F5O2/c1-3(10(16)17-2)4-5(11)7(13)9(15)8(14)6(4)12/h1H2,2H3. The van der Waals surface area contributed by atoms with Crippen molar-refractivity contribution in [3.63, 3.8) is 0 Å². The van der Waals surface area contributed by atoms with Crippen LogP contribution in [0.15, 0.2) is 6.58 Å². The maximum atomic E-state index is 13.2. The minimum Gasteiger partial charge on any atom is -0.465 e. The molecule has 0 heterocycles. The van der Waals surface area contributed by atoms with Gasteiger partial charge in [0, 0.05) is 0 Å². The molecule has 0 spiro atoms. The highest BCUT2D eigenvalue weighted by atomic mass is 19.2. The van der Waals surface area contributed by atoms with Gasteiger partial charge in [-0.25, -0.2) is 26.7 Å². The lowest BCUT2D eigenvalue weighted by Gasteiger charge is -2.08. The zero-order chi connectivity index (χ0) is 13.3. The average Bonchev–Trinajstić information content (AvgIpc) is 2.32. The van der Waals surface area contributed by atoms with Gasteiger partial charge < -0.3 is 4.74 Å². The number of ether oxygens (including phenoxy) is 1. The molecule has 17 heavy (non-hydrogen) atoms. The Balaban J connectivity index is 3.55. The van der Waals surface area contributed by atoms with Crippen molar-refractivity contribution in [3.05, 3.63) is 41.2 Å². The molecule has 0 aliphatic carbocycles. The van der Waals surface area contributed by atoms with Crippen molar-refractivity contribution in [3.8, 4) is 0 Å². The fourth-order valence-electron chi connectivity index (χ4n) is 1.10. The van der Waals surface area contributed by atoms with E-state index in [0.29, 0.717) is 0 Å². The Morgan fingerprint density at radius 3 is 1.65 bits per heavy atom. The molecule has 0 saturated heterocycles. The lowest BCUT2D eigenvalue weighted by molar-refractivity contribution is -0.133. The molecular weight excluding hydrogens is 247 g/mol. The summed E-state index contributed by atoms with van der Waals surface area (Å²) in [4.78, 5) is 10.9. The van der Waals surface area contributed by atoms with E-state index in [1.807, 2.05) is 0 Å². The highest BCUT2D eigenvalue weighted by Crippen LogP contribution is 2.28. The van der Waals surface area contributed by atoms with Crippen molar-refractivity contribution in [2.75, 3.05) is 7.11 Å². The first kappa shape index (κ1) is 13.1. The molecule has 0 aliphatic rings. The summed E-state index contributed by atoms with van der Waals surface area (Å²) in [6.45, 7) is 2.92. The molecule has 1 aromatic carbocycles. The second-order valence-electron chi connectivity index (χ2n) is 2.92. The van der Waals surface area contributed by atoms with Crippen molar-refractivity contribution < 1.29 is 31.5 Å². The Hall–Kier alpha value is -1.92. The van der Waals surface area contributed by atoms with Crippen LogP contribution in [0.2, 0.25) is 0 Å².